The average Bonchev–Trinajstić information content (AvgIpc) is 3.17. The predicted molar refractivity (Wildman–Crippen MR) is 144 cm³/mol. The third-order valence-corrected chi connectivity index (χ3v) is 9.15. The van der Waals surface area contributed by atoms with Gasteiger partial charge in [0, 0.05) is 18.0 Å². The molecule has 36 heavy (non-hydrogen) atoms. The van der Waals surface area contributed by atoms with E-state index < -0.39 is 10.0 Å². The van der Waals surface area contributed by atoms with E-state index in [1.54, 1.807) is 42.2 Å². The maximum atomic E-state index is 13.9. The first-order chi connectivity index (χ1) is 16.9. The highest BCUT2D eigenvalue weighted by Gasteiger charge is 2.31. The lowest BCUT2D eigenvalue weighted by atomic mass is 10.1. The summed E-state index contributed by atoms with van der Waals surface area (Å²) in [6, 6.07) is 11.8. The molecule has 8 heteroatoms. The quantitative estimate of drug-likeness (QED) is 0.323. The summed E-state index contributed by atoms with van der Waals surface area (Å²) in [4.78, 5) is 16.7. The Morgan fingerprint density at radius 1 is 0.944 bits per heavy atom. The molecule has 2 aromatic carbocycles. The van der Waals surface area contributed by atoms with Crippen molar-refractivity contribution in [2.75, 3.05) is 13.1 Å². The topological polar surface area (TPSA) is 57.7 Å². The van der Waals surface area contributed by atoms with E-state index in [-0.39, 0.29) is 42.2 Å². The van der Waals surface area contributed by atoms with E-state index in [0.717, 1.165) is 21.6 Å². The van der Waals surface area contributed by atoms with E-state index in [1.165, 1.54) is 16.4 Å². The molecule has 0 spiro atoms. The molecule has 0 bridgehead atoms. The zero-order valence-electron chi connectivity index (χ0n) is 21.8. The van der Waals surface area contributed by atoms with Gasteiger partial charge in [-0.25, -0.2) is 12.8 Å². The van der Waals surface area contributed by atoms with Gasteiger partial charge in [0.2, 0.25) is 15.9 Å². The Kier molecular flexibility index (Phi) is 9.08. The van der Waals surface area contributed by atoms with Crippen molar-refractivity contribution in [3.63, 3.8) is 0 Å². The van der Waals surface area contributed by atoms with Crippen LogP contribution in [0.1, 0.15) is 46.5 Å². The Morgan fingerprint density at radius 2 is 1.56 bits per heavy atom. The minimum absolute atomic E-state index is 0.0312. The Balaban J connectivity index is 1.95. The van der Waals surface area contributed by atoms with Crippen molar-refractivity contribution in [3.8, 4) is 0 Å². The number of thiophene rings is 1. The first kappa shape index (κ1) is 28.0. The second-order valence-electron chi connectivity index (χ2n) is 9.82. The number of aryl methyl sites for hydroxylation is 4. The van der Waals surface area contributed by atoms with E-state index in [9.17, 15) is 17.6 Å². The lowest BCUT2D eigenvalue weighted by molar-refractivity contribution is -0.132. The molecule has 3 rings (SSSR count). The number of benzene rings is 2. The molecule has 0 aliphatic heterocycles. The standard InChI is InChI=1S/C28H35FN2O3S2/c1-19(2)15-31(36(33,34)28-22(5)13-20(3)14-23(28)6)18-27(32)30(17-26-21(4)11-12-35-26)16-24-7-9-25(29)10-8-24/h7-14,19H,15-18H2,1-6H3. The number of nitrogens with zero attached hydrogens (tertiary/aromatic N) is 2. The van der Waals surface area contributed by atoms with Crippen LogP contribution in [-0.4, -0.2) is 36.6 Å². The highest BCUT2D eigenvalue weighted by molar-refractivity contribution is 7.89. The summed E-state index contributed by atoms with van der Waals surface area (Å²) >= 11 is 1.56. The molecule has 0 saturated carbocycles. The van der Waals surface area contributed by atoms with Crippen molar-refractivity contribution in [2.24, 2.45) is 5.92 Å². The molecule has 194 valence electrons. The van der Waals surface area contributed by atoms with Crippen LogP contribution in [0.2, 0.25) is 0 Å². The molecule has 0 aliphatic rings. The molecule has 0 radical (unpaired) electrons. The molecule has 1 aromatic heterocycles. The van der Waals surface area contributed by atoms with Crippen LogP contribution in [-0.2, 0) is 27.9 Å². The van der Waals surface area contributed by atoms with Gasteiger partial charge in [0.15, 0.2) is 0 Å². The van der Waals surface area contributed by atoms with Gasteiger partial charge in [-0.3, -0.25) is 4.79 Å². The van der Waals surface area contributed by atoms with E-state index in [0.29, 0.717) is 17.7 Å². The fourth-order valence-corrected chi connectivity index (χ4v) is 7.28. The smallest absolute Gasteiger partial charge is 0.244 e. The van der Waals surface area contributed by atoms with Gasteiger partial charge in [0.1, 0.15) is 5.82 Å². The van der Waals surface area contributed by atoms with E-state index >= 15 is 0 Å². The van der Waals surface area contributed by atoms with Crippen molar-refractivity contribution >= 4 is 27.3 Å². The zero-order chi connectivity index (χ0) is 26.6. The molecule has 0 aliphatic carbocycles. The van der Waals surface area contributed by atoms with Crippen LogP contribution in [0.15, 0.2) is 52.7 Å². The number of hydrogen-bond donors (Lipinski definition) is 0. The van der Waals surface area contributed by atoms with Crippen LogP contribution >= 0.6 is 11.3 Å². The minimum Gasteiger partial charge on any atom is -0.332 e. The second kappa shape index (κ2) is 11.7. The van der Waals surface area contributed by atoms with E-state index in [1.807, 2.05) is 51.3 Å². The maximum absolute atomic E-state index is 13.9. The molecule has 5 nitrogen and oxygen atoms in total. The molecule has 3 aromatic rings. The Labute approximate surface area is 218 Å². The van der Waals surface area contributed by atoms with Crippen LogP contribution in [0.4, 0.5) is 4.39 Å². The molecular weight excluding hydrogens is 495 g/mol. The number of sulfonamides is 1. The number of amides is 1. The van der Waals surface area contributed by atoms with Crippen molar-refractivity contribution in [2.45, 2.75) is 59.5 Å². The third kappa shape index (κ3) is 6.81. The Bertz CT molecular complexity index is 1290. The van der Waals surface area contributed by atoms with E-state index in [2.05, 4.69) is 0 Å². The van der Waals surface area contributed by atoms with Crippen LogP contribution in [0.25, 0.3) is 0 Å². The first-order valence-electron chi connectivity index (χ1n) is 12.0. The van der Waals surface area contributed by atoms with Crippen molar-refractivity contribution in [1.82, 2.24) is 9.21 Å². The van der Waals surface area contributed by atoms with E-state index in [4.69, 9.17) is 0 Å². The number of rotatable bonds is 10. The third-order valence-electron chi connectivity index (χ3n) is 6.02. The summed E-state index contributed by atoms with van der Waals surface area (Å²) in [5.74, 6) is -0.605. The number of carbonyl (C=O) groups excluding carboxylic acids is 1. The van der Waals surface area contributed by atoms with Crippen molar-refractivity contribution in [1.29, 1.82) is 0 Å². The van der Waals surface area contributed by atoms with Crippen LogP contribution in [0.5, 0.6) is 0 Å². The highest BCUT2D eigenvalue weighted by Crippen LogP contribution is 2.27. The largest absolute Gasteiger partial charge is 0.332 e. The lowest BCUT2D eigenvalue weighted by Gasteiger charge is -2.29. The van der Waals surface area contributed by atoms with Gasteiger partial charge in [-0.05, 0) is 79.4 Å². The fraction of sp³-hybridized carbons (Fsp3) is 0.393. The summed E-state index contributed by atoms with van der Waals surface area (Å²) in [6.45, 7) is 12.0. The predicted octanol–water partition coefficient (Wildman–Crippen LogP) is 6.00. The van der Waals surface area contributed by atoms with Crippen molar-refractivity contribution in [3.05, 3.63) is 86.4 Å². The van der Waals surface area contributed by atoms with Gasteiger partial charge in [0.25, 0.3) is 0 Å². The molecule has 1 amide bonds. The molecule has 1 heterocycles. The van der Waals surface area contributed by atoms with Crippen LogP contribution in [0.3, 0.4) is 0 Å². The summed E-state index contributed by atoms with van der Waals surface area (Å²) in [5.41, 5.74) is 4.20. The Morgan fingerprint density at radius 3 is 2.08 bits per heavy atom. The van der Waals surface area contributed by atoms with Gasteiger partial charge < -0.3 is 4.90 Å². The lowest BCUT2D eigenvalue weighted by Crippen LogP contribution is -2.44. The first-order valence-corrected chi connectivity index (χ1v) is 14.3. The number of carbonyl (C=O) groups is 1. The SMILES string of the molecule is Cc1cc(C)c(S(=O)(=O)N(CC(=O)N(Cc2ccc(F)cc2)Cc2sccc2C)CC(C)C)c(C)c1. The molecule has 0 N–H and O–H groups in total. The molecule has 0 atom stereocenters. The molecule has 0 saturated heterocycles. The fourth-order valence-electron chi connectivity index (χ4n) is 4.39. The van der Waals surface area contributed by atoms with Crippen LogP contribution < -0.4 is 0 Å². The average molecular weight is 531 g/mol. The van der Waals surface area contributed by atoms with Gasteiger partial charge in [-0.1, -0.05) is 43.7 Å². The number of hydrogen-bond acceptors (Lipinski definition) is 4. The molecule has 0 fully saturated rings. The van der Waals surface area contributed by atoms with Crippen LogP contribution in [0, 0.1) is 39.4 Å². The zero-order valence-corrected chi connectivity index (χ0v) is 23.5. The normalized spacial score (nSPS) is 11.9. The van der Waals surface area contributed by atoms with Gasteiger partial charge in [-0.15, -0.1) is 11.3 Å². The highest BCUT2D eigenvalue weighted by atomic mass is 32.2. The second-order valence-corrected chi connectivity index (χ2v) is 12.7. The minimum atomic E-state index is -3.91. The van der Waals surface area contributed by atoms with Gasteiger partial charge in [0.05, 0.1) is 18.0 Å². The summed E-state index contributed by atoms with van der Waals surface area (Å²) in [6.07, 6.45) is 0. The summed E-state index contributed by atoms with van der Waals surface area (Å²) in [5, 5.41) is 1.98. The van der Waals surface area contributed by atoms with Gasteiger partial charge >= 0.3 is 0 Å². The summed E-state index contributed by atoms with van der Waals surface area (Å²) < 4.78 is 42.5. The monoisotopic (exact) mass is 530 g/mol. The maximum Gasteiger partial charge on any atom is 0.244 e. The summed E-state index contributed by atoms with van der Waals surface area (Å²) in [7, 11) is -3.91. The Hall–Kier alpha value is -2.55. The van der Waals surface area contributed by atoms with Gasteiger partial charge in [-0.2, -0.15) is 4.31 Å². The number of halogens is 1. The molecule has 0 unspecified atom stereocenters. The molecular formula is C28H35FN2O3S2. The van der Waals surface area contributed by atoms with Crippen molar-refractivity contribution < 1.29 is 17.6 Å².